The van der Waals surface area contributed by atoms with Crippen molar-refractivity contribution in [1.82, 2.24) is 10.0 Å². The minimum Gasteiger partial charge on any atom is -0.350 e. The molecule has 1 unspecified atom stereocenters. The summed E-state index contributed by atoms with van der Waals surface area (Å²) in [5, 5.41) is 2.64. The Bertz CT molecular complexity index is 700. The van der Waals surface area contributed by atoms with Crippen molar-refractivity contribution in [3.8, 4) is 0 Å². The van der Waals surface area contributed by atoms with Crippen molar-refractivity contribution in [1.29, 1.82) is 0 Å². The summed E-state index contributed by atoms with van der Waals surface area (Å²) in [5.74, 6) is -0.616. The van der Waals surface area contributed by atoms with Crippen molar-refractivity contribution in [2.24, 2.45) is 0 Å². The Morgan fingerprint density at radius 1 is 1.21 bits per heavy atom. The summed E-state index contributed by atoms with van der Waals surface area (Å²) in [6.45, 7) is 6.62. The lowest BCUT2D eigenvalue weighted by atomic mass is 10.0. The van der Waals surface area contributed by atoms with Crippen LogP contribution in [0.2, 0.25) is 0 Å². The first-order valence-corrected chi connectivity index (χ1v) is 8.79. The number of carbonyl (C=O) groups excluding carboxylic acids is 1. The van der Waals surface area contributed by atoms with Crippen molar-refractivity contribution in [2.75, 3.05) is 0 Å². The fraction of sp³-hybridized carbons (Fsp3) is 0.533. The smallest absolute Gasteiger partial charge is 0.350 e. The second kappa shape index (κ2) is 7.10. The quantitative estimate of drug-likeness (QED) is 0.813. The predicted octanol–water partition coefficient (Wildman–Crippen LogP) is 2.68. The molecule has 136 valence electrons. The zero-order chi connectivity index (χ0) is 18.8. The molecule has 0 aliphatic rings. The van der Waals surface area contributed by atoms with Gasteiger partial charge in [0.1, 0.15) is 0 Å². The zero-order valence-electron chi connectivity index (χ0n) is 13.9. The van der Waals surface area contributed by atoms with E-state index in [0.29, 0.717) is 12.5 Å². The third-order valence-corrected chi connectivity index (χ3v) is 5.15. The van der Waals surface area contributed by atoms with Crippen molar-refractivity contribution in [3.05, 3.63) is 29.8 Å². The number of rotatable bonds is 6. The van der Waals surface area contributed by atoms with Crippen LogP contribution in [0.4, 0.5) is 13.2 Å². The molecule has 0 radical (unpaired) electrons. The van der Waals surface area contributed by atoms with Gasteiger partial charge < -0.3 is 5.32 Å². The number of hydrogen-bond acceptors (Lipinski definition) is 3. The second-order valence-corrected chi connectivity index (χ2v) is 7.75. The average Bonchev–Trinajstić information content (AvgIpc) is 2.45. The molecule has 0 aromatic heterocycles. The molecule has 9 heteroatoms. The van der Waals surface area contributed by atoms with Gasteiger partial charge in [0.15, 0.2) is 0 Å². The number of sulfonamides is 1. The SMILES string of the molecule is CCC(C)(C)NC(=O)C(C)NS(=O)(=O)c1ccccc1C(F)(F)F. The Hall–Kier alpha value is -1.61. The number of alkyl halides is 3. The molecule has 0 heterocycles. The molecular formula is C15H21F3N2O3S. The largest absolute Gasteiger partial charge is 0.417 e. The molecule has 2 N–H and O–H groups in total. The molecule has 1 rings (SSSR count). The average molecular weight is 366 g/mol. The van der Waals surface area contributed by atoms with Gasteiger partial charge >= 0.3 is 6.18 Å². The molecule has 1 amide bonds. The summed E-state index contributed by atoms with van der Waals surface area (Å²) in [6, 6.07) is 2.60. The minimum absolute atomic E-state index is 0.555. The van der Waals surface area contributed by atoms with Crippen LogP contribution in [-0.4, -0.2) is 25.9 Å². The minimum atomic E-state index is -4.82. The van der Waals surface area contributed by atoms with Crippen molar-refractivity contribution >= 4 is 15.9 Å². The van der Waals surface area contributed by atoms with Crippen LogP contribution in [0.1, 0.15) is 39.7 Å². The molecular weight excluding hydrogens is 345 g/mol. The fourth-order valence-corrected chi connectivity index (χ4v) is 3.25. The standard InChI is InChI=1S/C15H21F3N2O3S/c1-5-14(3,4)19-13(21)10(2)20-24(22,23)12-9-7-6-8-11(12)15(16,17)18/h6-10,20H,5H2,1-4H3,(H,19,21). The highest BCUT2D eigenvalue weighted by Crippen LogP contribution is 2.33. The van der Waals surface area contributed by atoms with E-state index in [0.717, 1.165) is 12.1 Å². The van der Waals surface area contributed by atoms with E-state index in [4.69, 9.17) is 0 Å². The summed E-state index contributed by atoms with van der Waals surface area (Å²) in [4.78, 5) is 11.1. The van der Waals surface area contributed by atoms with Crippen LogP contribution in [0.15, 0.2) is 29.2 Å². The van der Waals surface area contributed by atoms with Gasteiger partial charge in [0, 0.05) is 5.54 Å². The number of nitrogens with one attached hydrogen (secondary N) is 2. The predicted molar refractivity (Wildman–Crippen MR) is 83.7 cm³/mol. The number of halogens is 3. The van der Waals surface area contributed by atoms with Gasteiger partial charge in [0.2, 0.25) is 15.9 Å². The Kier molecular flexibility index (Phi) is 6.05. The summed E-state index contributed by atoms with van der Waals surface area (Å²) >= 11 is 0. The van der Waals surface area contributed by atoms with E-state index in [-0.39, 0.29) is 0 Å². The van der Waals surface area contributed by atoms with Crippen LogP contribution in [0.3, 0.4) is 0 Å². The molecule has 1 aromatic carbocycles. The van der Waals surface area contributed by atoms with Gasteiger partial charge in [0.25, 0.3) is 0 Å². The van der Waals surface area contributed by atoms with Gasteiger partial charge in [0.05, 0.1) is 16.5 Å². The molecule has 0 saturated heterocycles. The molecule has 0 fully saturated rings. The maximum absolute atomic E-state index is 13.0. The molecule has 1 aromatic rings. The van der Waals surface area contributed by atoms with Gasteiger partial charge in [-0.15, -0.1) is 0 Å². The Morgan fingerprint density at radius 2 is 1.75 bits per heavy atom. The topological polar surface area (TPSA) is 75.3 Å². The Morgan fingerprint density at radius 3 is 2.25 bits per heavy atom. The first-order valence-electron chi connectivity index (χ1n) is 7.31. The molecule has 0 spiro atoms. The number of benzene rings is 1. The van der Waals surface area contributed by atoms with E-state index in [1.807, 2.05) is 11.6 Å². The first kappa shape index (κ1) is 20.4. The maximum atomic E-state index is 13.0. The van der Waals surface area contributed by atoms with E-state index < -0.39 is 44.1 Å². The Balaban J connectivity index is 3.05. The first-order chi connectivity index (χ1) is 10.8. The van der Waals surface area contributed by atoms with Crippen molar-refractivity contribution in [2.45, 2.75) is 56.8 Å². The van der Waals surface area contributed by atoms with E-state index >= 15 is 0 Å². The van der Waals surface area contributed by atoms with Gasteiger partial charge in [-0.25, -0.2) is 8.42 Å². The van der Waals surface area contributed by atoms with Gasteiger partial charge in [-0.3, -0.25) is 4.79 Å². The van der Waals surface area contributed by atoms with E-state index in [1.165, 1.54) is 13.0 Å². The molecule has 0 aliphatic carbocycles. The number of hydrogen-bond donors (Lipinski definition) is 2. The van der Waals surface area contributed by atoms with Crippen LogP contribution in [0.25, 0.3) is 0 Å². The second-order valence-electron chi connectivity index (χ2n) is 6.06. The highest BCUT2D eigenvalue weighted by molar-refractivity contribution is 7.89. The van der Waals surface area contributed by atoms with E-state index in [2.05, 4.69) is 5.32 Å². The highest BCUT2D eigenvalue weighted by Gasteiger charge is 2.37. The molecule has 5 nitrogen and oxygen atoms in total. The lowest BCUT2D eigenvalue weighted by molar-refractivity contribution is -0.139. The van der Waals surface area contributed by atoms with Gasteiger partial charge in [-0.2, -0.15) is 17.9 Å². The van der Waals surface area contributed by atoms with Crippen LogP contribution in [-0.2, 0) is 21.0 Å². The summed E-state index contributed by atoms with van der Waals surface area (Å²) in [6.07, 6.45) is -4.21. The molecule has 0 aliphatic heterocycles. The van der Waals surface area contributed by atoms with Crippen LogP contribution in [0, 0.1) is 0 Å². The summed E-state index contributed by atoms with van der Waals surface area (Å²) < 4.78 is 65.4. The number of carbonyl (C=O) groups is 1. The zero-order valence-corrected chi connectivity index (χ0v) is 14.7. The van der Waals surface area contributed by atoms with Crippen molar-refractivity contribution in [3.63, 3.8) is 0 Å². The molecule has 1 atom stereocenters. The lowest BCUT2D eigenvalue weighted by Crippen LogP contribution is -2.51. The van der Waals surface area contributed by atoms with Crippen LogP contribution in [0.5, 0.6) is 0 Å². The highest BCUT2D eigenvalue weighted by atomic mass is 32.2. The van der Waals surface area contributed by atoms with Crippen LogP contribution < -0.4 is 10.0 Å². The van der Waals surface area contributed by atoms with Crippen molar-refractivity contribution < 1.29 is 26.4 Å². The Labute approximate surface area is 139 Å². The third-order valence-electron chi connectivity index (χ3n) is 3.55. The summed E-state index contributed by atoms with van der Waals surface area (Å²) in [7, 11) is -4.51. The lowest BCUT2D eigenvalue weighted by Gasteiger charge is -2.26. The number of amides is 1. The van der Waals surface area contributed by atoms with Crippen LogP contribution >= 0.6 is 0 Å². The maximum Gasteiger partial charge on any atom is 0.417 e. The fourth-order valence-electron chi connectivity index (χ4n) is 1.82. The van der Waals surface area contributed by atoms with Gasteiger partial charge in [-0.05, 0) is 39.3 Å². The van der Waals surface area contributed by atoms with E-state index in [1.54, 1.807) is 13.8 Å². The monoisotopic (exact) mass is 366 g/mol. The molecule has 0 bridgehead atoms. The summed E-state index contributed by atoms with van der Waals surface area (Å²) in [5.41, 5.74) is -1.83. The third kappa shape index (κ3) is 5.20. The molecule has 24 heavy (non-hydrogen) atoms. The van der Waals surface area contributed by atoms with Gasteiger partial charge in [-0.1, -0.05) is 19.1 Å². The normalized spacial score (nSPS) is 14.3. The van der Waals surface area contributed by atoms with E-state index in [9.17, 15) is 26.4 Å². The molecule has 0 saturated carbocycles.